The number of ether oxygens (including phenoxy) is 1. The quantitative estimate of drug-likeness (QED) is 0.636. The van der Waals surface area contributed by atoms with Crippen LogP contribution in [0.15, 0.2) is 66.9 Å². The van der Waals surface area contributed by atoms with Gasteiger partial charge in [-0.15, -0.1) is 0 Å². The lowest BCUT2D eigenvalue weighted by atomic mass is 9.98. The van der Waals surface area contributed by atoms with Crippen LogP contribution in [0.1, 0.15) is 16.8 Å². The number of nitrogens with zero attached hydrogens (tertiary/aromatic N) is 1. The van der Waals surface area contributed by atoms with E-state index in [0.29, 0.717) is 23.2 Å². The van der Waals surface area contributed by atoms with E-state index in [1.807, 2.05) is 30.3 Å². The summed E-state index contributed by atoms with van der Waals surface area (Å²) in [4.78, 5) is 4.11. The highest BCUT2D eigenvalue weighted by Gasteiger charge is 2.31. The minimum atomic E-state index is -4.42. The van der Waals surface area contributed by atoms with Crippen LogP contribution in [0.2, 0.25) is 0 Å². The van der Waals surface area contributed by atoms with E-state index in [2.05, 4.69) is 4.98 Å². The van der Waals surface area contributed by atoms with Crippen molar-refractivity contribution in [3.05, 3.63) is 83.7 Å². The van der Waals surface area contributed by atoms with E-state index in [-0.39, 0.29) is 0 Å². The number of hydrogen-bond acceptors (Lipinski definition) is 2. The minimum Gasteiger partial charge on any atom is -0.497 e. The molecule has 0 saturated carbocycles. The van der Waals surface area contributed by atoms with E-state index in [4.69, 9.17) is 4.74 Å². The third kappa shape index (κ3) is 3.99. The molecule has 0 aliphatic rings. The Hall–Kier alpha value is -2.82. The molecular formula is C20H16F3NO. The second-order valence-corrected chi connectivity index (χ2v) is 5.61. The number of rotatable bonds is 4. The summed E-state index contributed by atoms with van der Waals surface area (Å²) in [6.07, 6.45) is -3.09. The van der Waals surface area contributed by atoms with Crippen molar-refractivity contribution in [3.63, 3.8) is 0 Å². The van der Waals surface area contributed by atoms with E-state index in [1.54, 1.807) is 31.4 Å². The molecule has 0 N–H and O–H groups in total. The lowest BCUT2D eigenvalue weighted by molar-refractivity contribution is -0.137. The maximum Gasteiger partial charge on any atom is 0.417 e. The highest BCUT2D eigenvalue weighted by atomic mass is 19.4. The highest BCUT2D eigenvalue weighted by Crippen LogP contribution is 2.33. The normalized spacial score (nSPS) is 11.4. The van der Waals surface area contributed by atoms with E-state index < -0.39 is 11.7 Å². The summed E-state index contributed by atoms with van der Waals surface area (Å²) in [5.41, 5.74) is 2.01. The van der Waals surface area contributed by atoms with Crippen molar-refractivity contribution >= 4 is 0 Å². The first-order valence-electron chi connectivity index (χ1n) is 7.72. The maximum atomic E-state index is 13.1. The molecule has 0 unspecified atom stereocenters. The van der Waals surface area contributed by atoms with Crippen LogP contribution in [0.3, 0.4) is 0 Å². The molecule has 2 nitrogen and oxygen atoms in total. The van der Waals surface area contributed by atoms with Crippen LogP contribution in [0.4, 0.5) is 13.2 Å². The number of hydrogen-bond donors (Lipinski definition) is 0. The van der Waals surface area contributed by atoms with Gasteiger partial charge in [-0.1, -0.05) is 42.5 Å². The van der Waals surface area contributed by atoms with Gasteiger partial charge in [-0.25, -0.2) is 0 Å². The number of methoxy groups -OCH3 is 1. The largest absolute Gasteiger partial charge is 0.497 e. The summed E-state index contributed by atoms with van der Waals surface area (Å²) < 4.78 is 44.3. The predicted octanol–water partition coefficient (Wildman–Crippen LogP) is 5.37. The molecule has 1 heterocycles. The summed E-state index contributed by atoms with van der Waals surface area (Å²) in [6.45, 7) is 0. The summed E-state index contributed by atoms with van der Waals surface area (Å²) >= 11 is 0. The van der Waals surface area contributed by atoms with Crippen LogP contribution in [0, 0.1) is 0 Å². The van der Waals surface area contributed by atoms with Crippen LogP contribution in [0.5, 0.6) is 5.75 Å². The third-order valence-corrected chi connectivity index (χ3v) is 3.91. The molecule has 0 saturated heterocycles. The molecule has 2 aromatic carbocycles. The molecule has 0 fully saturated rings. The average molecular weight is 343 g/mol. The molecule has 0 amide bonds. The van der Waals surface area contributed by atoms with Gasteiger partial charge in [0.2, 0.25) is 0 Å². The van der Waals surface area contributed by atoms with Crippen molar-refractivity contribution < 1.29 is 17.9 Å². The second kappa shape index (κ2) is 6.97. The monoisotopic (exact) mass is 343 g/mol. The molecule has 5 heteroatoms. The smallest absolute Gasteiger partial charge is 0.417 e. The Morgan fingerprint density at radius 2 is 1.64 bits per heavy atom. The van der Waals surface area contributed by atoms with E-state index in [1.165, 1.54) is 6.07 Å². The number of benzene rings is 2. The first-order chi connectivity index (χ1) is 12.0. The zero-order valence-electron chi connectivity index (χ0n) is 13.5. The summed E-state index contributed by atoms with van der Waals surface area (Å²) in [5, 5.41) is 0. The summed E-state index contributed by atoms with van der Waals surface area (Å²) in [7, 11) is 1.58. The lowest BCUT2D eigenvalue weighted by Crippen LogP contribution is -2.08. The highest BCUT2D eigenvalue weighted by molar-refractivity contribution is 5.67. The molecule has 0 radical (unpaired) electrons. The zero-order valence-corrected chi connectivity index (χ0v) is 13.5. The molecule has 25 heavy (non-hydrogen) atoms. The second-order valence-electron chi connectivity index (χ2n) is 5.61. The van der Waals surface area contributed by atoms with Crippen LogP contribution in [-0.4, -0.2) is 12.1 Å². The molecule has 3 rings (SSSR count). The molecular weight excluding hydrogens is 327 g/mol. The number of alkyl halides is 3. The zero-order chi connectivity index (χ0) is 17.9. The number of pyridine rings is 1. The Kier molecular flexibility index (Phi) is 4.74. The van der Waals surface area contributed by atoms with Gasteiger partial charge in [0.1, 0.15) is 5.75 Å². The predicted molar refractivity (Wildman–Crippen MR) is 90.5 cm³/mol. The fraction of sp³-hybridized carbons (Fsp3) is 0.150. The van der Waals surface area contributed by atoms with Crippen molar-refractivity contribution in [2.75, 3.05) is 7.11 Å². The Morgan fingerprint density at radius 3 is 2.24 bits per heavy atom. The van der Waals surface area contributed by atoms with E-state index in [0.717, 1.165) is 17.5 Å². The molecule has 0 spiro atoms. The fourth-order valence-electron chi connectivity index (χ4n) is 2.59. The Bertz CT molecular complexity index is 843. The molecule has 0 atom stereocenters. The van der Waals surface area contributed by atoms with Crippen LogP contribution in [0.25, 0.3) is 11.1 Å². The van der Waals surface area contributed by atoms with Gasteiger partial charge in [-0.05, 0) is 29.3 Å². The molecule has 0 aliphatic carbocycles. The summed E-state index contributed by atoms with van der Waals surface area (Å²) in [6, 6.07) is 17.6. The van der Waals surface area contributed by atoms with E-state index >= 15 is 0 Å². The standard InChI is InChI=1S/C20H16F3NO/c1-25-17-9-7-14(8-10-17)11-19-18(15-5-3-2-4-6-15)12-16(13-24-19)20(21,22)23/h2-10,12-13H,11H2,1H3. The SMILES string of the molecule is COc1ccc(Cc2ncc(C(F)(F)F)cc2-c2ccccc2)cc1. The Morgan fingerprint density at radius 1 is 0.960 bits per heavy atom. The minimum absolute atomic E-state index is 0.437. The van der Waals surface area contributed by atoms with Gasteiger partial charge in [-0.3, -0.25) is 4.98 Å². The van der Waals surface area contributed by atoms with Gasteiger partial charge in [0.15, 0.2) is 0 Å². The molecule has 128 valence electrons. The topological polar surface area (TPSA) is 22.1 Å². The Balaban J connectivity index is 2.02. The van der Waals surface area contributed by atoms with Gasteiger partial charge in [-0.2, -0.15) is 13.2 Å². The van der Waals surface area contributed by atoms with Crippen molar-refractivity contribution in [1.29, 1.82) is 0 Å². The number of halogens is 3. The van der Waals surface area contributed by atoms with Crippen molar-refractivity contribution in [2.24, 2.45) is 0 Å². The molecule has 3 aromatic rings. The van der Waals surface area contributed by atoms with E-state index in [9.17, 15) is 13.2 Å². The molecule has 1 aromatic heterocycles. The van der Waals surface area contributed by atoms with Gasteiger partial charge in [0, 0.05) is 18.2 Å². The van der Waals surface area contributed by atoms with Crippen LogP contribution >= 0.6 is 0 Å². The van der Waals surface area contributed by atoms with Crippen molar-refractivity contribution in [1.82, 2.24) is 4.98 Å². The molecule has 0 aliphatic heterocycles. The summed E-state index contributed by atoms with van der Waals surface area (Å²) in [5.74, 6) is 0.729. The molecule has 0 bridgehead atoms. The fourth-order valence-corrected chi connectivity index (χ4v) is 2.59. The average Bonchev–Trinajstić information content (AvgIpc) is 2.62. The first-order valence-corrected chi connectivity index (χ1v) is 7.72. The maximum absolute atomic E-state index is 13.1. The van der Waals surface area contributed by atoms with Crippen molar-refractivity contribution in [2.45, 2.75) is 12.6 Å². The van der Waals surface area contributed by atoms with Gasteiger partial charge in [0.05, 0.1) is 18.4 Å². The van der Waals surface area contributed by atoms with Crippen LogP contribution in [-0.2, 0) is 12.6 Å². The van der Waals surface area contributed by atoms with Crippen LogP contribution < -0.4 is 4.74 Å². The first kappa shape index (κ1) is 17.0. The lowest BCUT2D eigenvalue weighted by Gasteiger charge is -2.13. The number of aromatic nitrogens is 1. The van der Waals surface area contributed by atoms with Gasteiger partial charge >= 0.3 is 6.18 Å². The Labute approximate surface area is 143 Å². The third-order valence-electron chi connectivity index (χ3n) is 3.91. The van der Waals surface area contributed by atoms with Crippen molar-refractivity contribution in [3.8, 4) is 16.9 Å². The van der Waals surface area contributed by atoms with Gasteiger partial charge in [0.25, 0.3) is 0 Å². The van der Waals surface area contributed by atoms with Gasteiger partial charge < -0.3 is 4.74 Å².